The molecule has 0 spiro atoms. The van der Waals surface area contributed by atoms with Crippen LogP contribution >= 0.6 is 22.6 Å². The number of aliphatic hydroxyl groups excluding tert-OH is 1. The molecule has 10 heteroatoms. The largest absolute Gasteiger partial charge is 0.598 e. The molecule has 3 heterocycles. The van der Waals surface area contributed by atoms with Gasteiger partial charge in [-0.2, -0.15) is 5.10 Å². The first-order valence-corrected chi connectivity index (χ1v) is 13.9. The Labute approximate surface area is 227 Å². The molecule has 1 aromatic carbocycles. The Hall–Kier alpha value is -2.25. The molecule has 0 aliphatic heterocycles. The van der Waals surface area contributed by atoms with Gasteiger partial charge in [0.05, 0.1) is 40.8 Å². The van der Waals surface area contributed by atoms with Crippen molar-refractivity contribution in [3.8, 4) is 22.8 Å². The van der Waals surface area contributed by atoms with Crippen molar-refractivity contribution >= 4 is 44.9 Å². The van der Waals surface area contributed by atoms with Crippen molar-refractivity contribution in [2.24, 2.45) is 0 Å². The predicted octanol–water partition coefficient (Wildman–Crippen LogP) is 5.12. The van der Waals surface area contributed by atoms with Gasteiger partial charge in [0, 0.05) is 16.9 Å². The maximum Gasteiger partial charge on any atom is 0.156 e. The minimum Gasteiger partial charge on any atom is -0.598 e. The van der Waals surface area contributed by atoms with Gasteiger partial charge in [-0.25, -0.2) is 14.6 Å². The van der Waals surface area contributed by atoms with E-state index in [0.29, 0.717) is 33.7 Å². The van der Waals surface area contributed by atoms with Crippen LogP contribution in [-0.2, 0) is 21.5 Å². The lowest BCUT2D eigenvalue weighted by Gasteiger charge is -2.33. The van der Waals surface area contributed by atoms with Crippen LogP contribution in [0.2, 0.25) is 0 Å². The number of phenols is 1. The molecule has 0 amide bonds. The minimum atomic E-state index is -1.28. The van der Waals surface area contributed by atoms with Gasteiger partial charge in [0.1, 0.15) is 10.5 Å². The molecule has 0 saturated heterocycles. The summed E-state index contributed by atoms with van der Waals surface area (Å²) in [7, 11) is 0. The van der Waals surface area contributed by atoms with E-state index in [1.165, 1.54) is 0 Å². The molecule has 36 heavy (non-hydrogen) atoms. The van der Waals surface area contributed by atoms with Crippen LogP contribution in [0.15, 0.2) is 54.7 Å². The van der Waals surface area contributed by atoms with E-state index in [9.17, 15) is 14.8 Å². The number of rotatable bonds is 8. The molecule has 4 aromatic rings. The van der Waals surface area contributed by atoms with Crippen LogP contribution in [0.3, 0.4) is 0 Å². The Morgan fingerprint density at radius 3 is 2.56 bits per heavy atom. The number of nitrogens with one attached hydrogen (secondary N) is 1. The maximum atomic E-state index is 13.0. The molecule has 190 valence electrons. The molecule has 4 rings (SSSR count). The second-order valence-electron chi connectivity index (χ2n) is 9.57. The summed E-state index contributed by atoms with van der Waals surface area (Å²) in [5, 5.41) is 25.3. The van der Waals surface area contributed by atoms with E-state index >= 15 is 0 Å². The van der Waals surface area contributed by atoms with E-state index in [4.69, 9.17) is 4.98 Å². The highest BCUT2D eigenvalue weighted by Gasteiger charge is 2.39. The molecule has 0 aliphatic rings. The van der Waals surface area contributed by atoms with Crippen LogP contribution in [0.1, 0.15) is 51.9 Å². The number of aliphatic hydroxyl groups is 1. The lowest BCUT2D eigenvalue weighted by atomic mass is 10.1. The fraction of sp³-hybridized carbons (Fsp3) is 0.346. The van der Waals surface area contributed by atoms with Crippen LogP contribution in [-0.4, -0.2) is 39.3 Å². The number of aromatic hydroxyl groups is 1. The van der Waals surface area contributed by atoms with E-state index in [0.717, 1.165) is 18.5 Å². The summed E-state index contributed by atoms with van der Waals surface area (Å²) < 4.78 is 16.9. The first kappa shape index (κ1) is 26.8. The zero-order valence-corrected chi connectivity index (χ0v) is 23.7. The third-order valence-electron chi connectivity index (χ3n) is 5.69. The highest BCUT2D eigenvalue weighted by atomic mass is 127. The number of nitrogens with zero attached hydrogens (tertiary/aromatic N) is 4. The minimum absolute atomic E-state index is 0.0838. The molecular formula is C26H30IN5O3S. The van der Waals surface area contributed by atoms with Crippen molar-refractivity contribution in [2.45, 2.75) is 55.4 Å². The monoisotopic (exact) mass is 619 g/mol. The lowest BCUT2D eigenvalue weighted by Crippen LogP contribution is -2.48. The fourth-order valence-electron chi connectivity index (χ4n) is 3.80. The van der Waals surface area contributed by atoms with E-state index in [1.54, 1.807) is 35.1 Å². The van der Waals surface area contributed by atoms with Gasteiger partial charge in [0.15, 0.2) is 9.36 Å². The number of fused-ring (bicyclic) bond motifs is 1. The van der Waals surface area contributed by atoms with Gasteiger partial charge in [-0.05, 0) is 86.2 Å². The molecule has 3 aromatic heterocycles. The highest BCUT2D eigenvalue weighted by Crippen LogP contribution is 2.37. The quantitative estimate of drug-likeness (QED) is 0.108. The average molecular weight is 620 g/mol. The number of pyridine rings is 2. The Bertz CT molecular complexity index is 1370. The van der Waals surface area contributed by atoms with Crippen molar-refractivity contribution in [3.05, 3.63) is 66.1 Å². The highest BCUT2D eigenvalue weighted by molar-refractivity contribution is 14.1. The zero-order valence-electron chi connectivity index (χ0n) is 20.7. The Kier molecular flexibility index (Phi) is 7.91. The van der Waals surface area contributed by atoms with Crippen LogP contribution < -0.4 is 4.72 Å². The number of alkyl halides is 1. The molecule has 2 atom stereocenters. The van der Waals surface area contributed by atoms with Crippen LogP contribution in [0.25, 0.3) is 28.0 Å². The lowest BCUT2D eigenvalue weighted by molar-refractivity contribution is 0.276. The van der Waals surface area contributed by atoms with E-state index in [-0.39, 0.29) is 12.4 Å². The van der Waals surface area contributed by atoms with Gasteiger partial charge in [-0.15, -0.1) is 4.72 Å². The number of hydrogen-bond donors (Lipinski definition) is 3. The topological polar surface area (TPSA) is 119 Å². The van der Waals surface area contributed by atoms with Gasteiger partial charge in [-0.1, -0.05) is 25.5 Å². The average Bonchev–Trinajstić information content (AvgIpc) is 3.28. The fourth-order valence-corrected chi connectivity index (χ4v) is 6.05. The van der Waals surface area contributed by atoms with Gasteiger partial charge in [0.25, 0.3) is 0 Å². The maximum absolute atomic E-state index is 13.0. The number of aromatic nitrogens is 4. The normalized spacial score (nSPS) is 14.6. The molecule has 0 radical (unpaired) electrons. The third-order valence-corrected chi connectivity index (χ3v) is 9.07. The molecular weight excluding hydrogens is 589 g/mol. The number of phenolic OH excluding ortho intramolecular Hbond substituents is 1. The molecule has 3 N–H and O–H groups in total. The zero-order chi connectivity index (χ0) is 26.1. The molecule has 0 unspecified atom stereocenters. The van der Waals surface area contributed by atoms with Gasteiger partial charge in [-0.3, -0.25) is 0 Å². The van der Waals surface area contributed by atoms with Crippen molar-refractivity contribution in [1.29, 1.82) is 0 Å². The van der Waals surface area contributed by atoms with Gasteiger partial charge >= 0.3 is 0 Å². The summed E-state index contributed by atoms with van der Waals surface area (Å²) in [5.74, 6) is 0.624. The van der Waals surface area contributed by atoms with Crippen LogP contribution in [0.4, 0.5) is 0 Å². The predicted molar refractivity (Wildman–Crippen MR) is 151 cm³/mol. The third kappa shape index (κ3) is 5.52. The summed E-state index contributed by atoms with van der Waals surface area (Å²) in [6.07, 6.45) is 3.22. The number of halogens is 1. The summed E-state index contributed by atoms with van der Waals surface area (Å²) >= 11 is 1.03. The summed E-state index contributed by atoms with van der Waals surface area (Å²) in [6, 6.07) is 14.7. The number of hydrogen-bond acceptors (Lipinski definition) is 7. The Balaban J connectivity index is 1.78. The second-order valence-corrected chi connectivity index (χ2v) is 13.4. The van der Waals surface area contributed by atoms with Crippen LogP contribution in [0, 0.1) is 0 Å². The summed E-state index contributed by atoms with van der Waals surface area (Å²) in [5.41, 5.74) is 3.36. The van der Waals surface area contributed by atoms with Crippen molar-refractivity contribution < 1.29 is 14.8 Å². The van der Waals surface area contributed by atoms with Crippen molar-refractivity contribution in [2.75, 3.05) is 0 Å². The standard InChI is InChI=1S/C26H30IN5O3S/c1-5-12-26(27,31-36(35)25(2,3)4)23-10-7-9-20(30-23)17-13-21-19(22(34)14-17)15-28-32(21)24-11-6-8-18(16-33)29-24/h6-11,13-15,31,33-34H,5,12,16H2,1-4H3/t26-,36-/m1/s1. The summed E-state index contributed by atoms with van der Waals surface area (Å²) in [4.78, 5) is 9.38. The molecule has 0 aliphatic carbocycles. The number of benzene rings is 1. The van der Waals surface area contributed by atoms with Crippen LogP contribution in [0.5, 0.6) is 5.75 Å². The molecule has 0 saturated carbocycles. The Morgan fingerprint density at radius 2 is 1.86 bits per heavy atom. The second kappa shape index (κ2) is 10.6. The van der Waals surface area contributed by atoms with Gasteiger partial charge < -0.3 is 14.8 Å². The molecule has 0 bridgehead atoms. The smallest absolute Gasteiger partial charge is 0.156 e. The van der Waals surface area contributed by atoms with E-state index < -0.39 is 19.7 Å². The Morgan fingerprint density at radius 1 is 1.11 bits per heavy atom. The van der Waals surface area contributed by atoms with Crippen molar-refractivity contribution in [1.82, 2.24) is 24.5 Å². The van der Waals surface area contributed by atoms with E-state index in [1.807, 2.05) is 45.0 Å². The molecule has 8 nitrogen and oxygen atoms in total. The summed E-state index contributed by atoms with van der Waals surface area (Å²) in [6.45, 7) is 7.73. The first-order valence-electron chi connectivity index (χ1n) is 11.7. The first-order chi connectivity index (χ1) is 17.1. The molecule has 0 fully saturated rings. The van der Waals surface area contributed by atoms with Gasteiger partial charge in [0.2, 0.25) is 0 Å². The van der Waals surface area contributed by atoms with E-state index in [2.05, 4.69) is 44.3 Å². The van der Waals surface area contributed by atoms with Crippen molar-refractivity contribution in [3.63, 3.8) is 0 Å². The SMILES string of the molecule is CCC[C@@](I)(N[S@+]([O-])C(C)(C)C)c1cccc(-c2cc(O)c3cnn(-c4cccc(CO)n4)c3c2)n1.